The third-order valence-electron chi connectivity index (χ3n) is 2.42. The van der Waals surface area contributed by atoms with Crippen LogP contribution in [0.1, 0.15) is 0 Å². The van der Waals surface area contributed by atoms with E-state index in [-0.39, 0.29) is 20.7 Å². The molecule has 0 bridgehead atoms. The second kappa shape index (κ2) is 5.37. The molecular weight excluding hydrogens is 354 g/mol. The lowest BCUT2D eigenvalue weighted by Gasteiger charge is -2.11. The molecule has 0 radical (unpaired) electrons. The van der Waals surface area contributed by atoms with Crippen LogP contribution in [-0.4, -0.2) is 8.42 Å². The Kier molecular flexibility index (Phi) is 3.96. The van der Waals surface area contributed by atoms with Gasteiger partial charge in [0.1, 0.15) is 16.5 Å². The Balaban J connectivity index is 2.43. The number of anilines is 2. The molecule has 0 saturated heterocycles. The minimum atomic E-state index is -4.04. The standard InChI is InChI=1S/C12H9BrF2N2O2S/c13-9-3-2-8(16)6-12(9)20(18,19)17-11-4-1-7(14)5-10(11)15/h1-6,17H,16H2. The first kappa shape index (κ1) is 14.7. The van der Waals surface area contributed by atoms with Crippen molar-refractivity contribution in [2.45, 2.75) is 4.90 Å². The van der Waals surface area contributed by atoms with Gasteiger partial charge in [-0.25, -0.2) is 17.2 Å². The lowest BCUT2D eigenvalue weighted by molar-refractivity contribution is 0.582. The molecule has 20 heavy (non-hydrogen) atoms. The van der Waals surface area contributed by atoms with Crippen LogP contribution < -0.4 is 10.5 Å². The van der Waals surface area contributed by atoms with E-state index in [1.165, 1.54) is 18.2 Å². The highest BCUT2D eigenvalue weighted by Gasteiger charge is 2.19. The van der Waals surface area contributed by atoms with Gasteiger partial charge in [0.25, 0.3) is 10.0 Å². The van der Waals surface area contributed by atoms with Crippen LogP contribution in [0, 0.1) is 11.6 Å². The minimum Gasteiger partial charge on any atom is -0.399 e. The number of sulfonamides is 1. The summed E-state index contributed by atoms with van der Waals surface area (Å²) in [5.74, 6) is -1.80. The van der Waals surface area contributed by atoms with Crippen molar-refractivity contribution >= 4 is 37.3 Å². The molecule has 4 nitrogen and oxygen atoms in total. The fourth-order valence-electron chi connectivity index (χ4n) is 1.50. The summed E-state index contributed by atoms with van der Waals surface area (Å²) in [6.07, 6.45) is 0. The summed E-state index contributed by atoms with van der Waals surface area (Å²) >= 11 is 3.08. The Morgan fingerprint density at radius 3 is 2.45 bits per heavy atom. The van der Waals surface area contributed by atoms with Crippen molar-refractivity contribution < 1.29 is 17.2 Å². The molecule has 106 valence electrons. The van der Waals surface area contributed by atoms with Crippen LogP contribution in [0.3, 0.4) is 0 Å². The molecule has 0 saturated carbocycles. The zero-order valence-corrected chi connectivity index (χ0v) is 12.3. The monoisotopic (exact) mass is 362 g/mol. The van der Waals surface area contributed by atoms with Gasteiger partial charge < -0.3 is 5.73 Å². The first-order chi connectivity index (χ1) is 9.29. The van der Waals surface area contributed by atoms with Crippen LogP contribution >= 0.6 is 15.9 Å². The zero-order valence-electron chi connectivity index (χ0n) is 9.90. The fourth-order valence-corrected chi connectivity index (χ4v) is 3.56. The summed E-state index contributed by atoms with van der Waals surface area (Å²) in [7, 11) is -4.04. The number of benzene rings is 2. The van der Waals surface area contributed by atoms with E-state index >= 15 is 0 Å². The van der Waals surface area contributed by atoms with Crippen LogP contribution in [-0.2, 0) is 10.0 Å². The third kappa shape index (κ3) is 3.07. The molecule has 2 aromatic rings. The lowest BCUT2D eigenvalue weighted by atomic mass is 10.3. The molecule has 0 heterocycles. The van der Waals surface area contributed by atoms with Crippen molar-refractivity contribution in [2.75, 3.05) is 10.5 Å². The molecule has 0 aliphatic rings. The van der Waals surface area contributed by atoms with Gasteiger partial charge in [-0.3, -0.25) is 4.72 Å². The molecule has 0 amide bonds. The minimum absolute atomic E-state index is 0.138. The summed E-state index contributed by atoms with van der Waals surface area (Å²) in [5.41, 5.74) is 5.43. The predicted molar refractivity (Wildman–Crippen MR) is 75.7 cm³/mol. The van der Waals surface area contributed by atoms with Crippen molar-refractivity contribution in [3.8, 4) is 0 Å². The van der Waals surface area contributed by atoms with E-state index in [1.807, 2.05) is 4.72 Å². The van der Waals surface area contributed by atoms with Crippen LogP contribution in [0.25, 0.3) is 0 Å². The van der Waals surface area contributed by atoms with E-state index in [9.17, 15) is 17.2 Å². The van der Waals surface area contributed by atoms with E-state index in [1.54, 1.807) is 0 Å². The number of rotatable bonds is 3. The number of nitrogens with two attached hydrogens (primary N) is 1. The first-order valence-corrected chi connectivity index (χ1v) is 7.60. The Morgan fingerprint density at radius 1 is 1.10 bits per heavy atom. The zero-order chi connectivity index (χ0) is 14.9. The molecule has 0 aromatic heterocycles. The van der Waals surface area contributed by atoms with Crippen LogP contribution in [0.15, 0.2) is 45.8 Å². The predicted octanol–water partition coefficient (Wildman–Crippen LogP) is 3.11. The number of halogens is 3. The van der Waals surface area contributed by atoms with Gasteiger partial charge in [0.15, 0.2) is 0 Å². The lowest BCUT2D eigenvalue weighted by Crippen LogP contribution is -2.15. The molecule has 0 aliphatic carbocycles. The molecule has 2 aromatic carbocycles. The van der Waals surface area contributed by atoms with E-state index in [2.05, 4.69) is 15.9 Å². The van der Waals surface area contributed by atoms with Gasteiger partial charge in [-0.1, -0.05) is 0 Å². The van der Waals surface area contributed by atoms with E-state index < -0.39 is 21.7 Å². The SMILES string of the molecule is Nc1ccc(Br)c(S(=O)(=O)Nc2ccc(F)cc2F)c1. The summed E-state index contributed by atoms with van der Waals surface area (Å²) in [5, 5.41) is 0. The van der Waals surface area contributed by atoms with E-state index in [4.69, 9.17) is 5.73 Å². The molecular formula is C12H9BrF2N2O2S. The maximum absolute atomic E-state index is 13.5. The smallest absolute Gasteiger partial charge is 0.263 e. The third-order valence-corrected chi connectivity index (χ3v) is 4.78. The topological polar surface area (TPSA) is 72.2 Å². The fraction of sp³-hybridized carbons (Fsp3) is 0. The maximum atomic E-state index is 13.5. The highest BCUT2D eigenvalue weighted by Crippen LogP contribution is 2.27. The number of nitrogen functional groups attached to an aromatic ring is 1. The highest BCUT2D eigenvalue weighted by atomic mass is 79.9. The summed E-state index contributed by atoms with van der Waals surface area (Å²) in [6, 6.07) is 6.75. The van der Waals surface area contributed by atoms with Gasteiger partial charge in [-0.05, 0) is 46.3 Å². The molecule has 0 fully saturated rings. The summed E-state index contributed by atoms with van der Waals surface area (Å²) in [6.45, 7) is 0. The molecule has 0 unspecified atom stereocenters. The normalized spacial score (nSPS) is 11.3. The molecule has 8 heteroatoms. The van der Waals surface area contributed by atoms with Crippen molar-refractivity contribution in [3.05, 3.63) is 52.5 Å². The number of hydrogen-bond donors (Lipinski definition) is 2. The van der Waals surface area contributed by atoms with Crippen molar-refractivity contribution in [3.63, 3.8) is 0 Å². The quantitative estimate of drug-likeness (QED) is 0.824. The molecule has 0 atom stereocenters. The van der Waals surface area contributed by atoms with Gasteiger partial charge in [-0.2, -0.15) is 0 Å². The van der Waals surface area contributed by atoms with Crippen LogP contribution in [0.5, 0.6) is 0 Å². The second-order valence-electron chi connectivity index (χ2n) is 3.92. The number of hydrogen-bond acceptors (Lipinski definition) is 3. The van der Waals surface area contributed by atoms with Crippen LogP contribution in [0.2, 0.25) is 0 Å². The van der Waals surface area contributed by atoms with Crippen LogP contribution in [0.4, 0.5) is 20.2 Å². The van der Waals surface area contributed by atoms with Crippen molar-refractivity contribution in [1.29, 1.82) is 0 Å². The maximum Gasteiger partial charge on any atom is 0.263 e. The molecule has 2 rings (SSSR count). The Morgan fingerprint density at radius 2 is 1.80 bits per heavy atom. The highest BCUT2D eigenvalue weighted by molar-refractivity contribution is 9.10. The van der Waals surface area contributed by atoms with Crippen molar-refractivity contribution in [2.24, 2.45) is 0 Å². The Labute approximate surface area is 122 Å². The first-order valence-electron chi connectivity index (χ1n) is 5.32. The van der Waals surface area contributed by atoms with Gasteiger partial charge in [0.2, 0.25) is 0 Å². The van der Waals surface area contributed by atoms with Crippen molar-refractivity contribution in [1.82, 2.24) is 0 Å². The molecule has 0 aliphatic heterocycles. The summed E-state index contributed by atoms with van der Waals surface area (Å²) < 4.78 is 52.9. The van der Waals surface area contributed by atoms with Gasteiger partial charge >= 0.3 is 0 Å². The van der Waals surface area contributed by atoms with Gasteiger partial charge in [-0.15, -0.1) is 0 Å². The van der Waals surface area contributed by atoms with E-state index in [0.717, 1.165) is 12.1 Å². The van der Waals surface area contributed by atoms with Gasteiger partial charge in [0, 0.05) is 16.2 Å². The average Bonchev–Trinajstić information content (AvgIpc) is 2.35. The van der Waals surface area contributed by atoms with Gasteiger partial charge in [0.05, 0.1) is 5.69 Å². The molecule has 0 spiro atoms. The largest absolute Gasteiger partial charge is 0.399 e. The Bertz CT molecular complexity index is 766. The summed E-state index contributed by atoms with van der Waals surface area (Å²) in [4.78, 5) is -0.138. The van der Waals surface area contributed by atoms with E-state index in [0.29, 0.717) is 6.07 Å². The average molecular weight is 363 g/mol. The second-order valence-corrected chi connectivity index (χ2v) is 6.42. The number of nitrogens with one attached hydrogen (secondary N) is 1. The Hall–Kier alpha value is -1.67. The molecule has 3 N–H and O–H groups in total.